The number of aromatic nitrogens is 3. The maximum absolute atomic E-state index is 14.3. The highest BCUT2D eigenvalue weighted by Gasteiger charge is 2.20. The Hall–Kier alpha value is -2.18. The van der Waals surface area contributed by atoms with E-state index >= 15 is 0 Å². The van der Waals surface area contributed by atoms with E-state index in [9.17, 15) is 14.0 Å². The molecule has 2 aromatic heterocycles. The van der Waals surface area contributed by atoms with Gasteiger partial charge in [0.2, 0.25) is 0 Å². The molecular weight excluding hydrogens is 287 g/mol. The van der Waals surface area contributed by atoms with Gasteiger partial charge in [0, 0.05) is 19.6 Å². The molecule has 118 valence electrons. The summed E-state index contributed by atoms with van der Waals surface area (Å²) in [5.74, 6) is -0.277. The van der Waals surface area contributed by atoms with E-state index in [0.29, 0.717) is 6.54 Å². The molecule has 1 saturated heterocycles. The number of aromatic amines is 1. The number of hydrogen-bond donors (Lipinski definition) is 1. The Morgan fingerprint density at radius 1 is 1.32 bits per heavy atom. The first-order valence-electron chi connectivity index (χ1n) is 7.70. The Labute approximate surface area is 126 Å². The van der Waals surface area contributed by atoms with Gasteiger partial charge >= 0.3 is 5.69 Å². The smallest absolute Gasteiger partial charge is 0.329 e. The van der Waals surface area contributed by atoms with E-state index in [0.717, 1.165) is 38.8 Å². The number of halogens is 1. The number of unbranched alkanes of at least 4 members (excludes halogenated alkanes) is 1. The maximum atomic E-state index is 14.3. The molecule has 0 unspecified atom stereocenters. The molecule has 0 atom stereocenters. The predicted octanol–water partition coefficient (Wildman–Crippen LogP) is 1.62. The molecule has 0 radical (unpaired) electrons. The van der Waals surface area contributed by atoms with Crippen LogP contribution in [0, 0.1) is 5.82 Å². The molecule has 0 aromatic carbocycles. The van der Waals surface area contributed by atoms with Crippen LogP contribution in [0.5, 0.6) is 0 Å². The van der Waals surface area contributed by atoms with Crippen molar-refractivity contribution in [2.45, 2.75) is 39.2 Å². The van der Waals surface area contributed by atoms with Gasteiger partial charge in [-0.05, 0) is 25.3 Å². The summed E-state index contributed by atoms with van der Waals surface area (Å²) in [4.78, 5) is 32.4. The number of fused-ring (bicyclic) bond motifs is 1. The van der Waals surface area contributed by atoms with Gasteiger partial charge in [-0.3, -0.25) is 14.3 Å². The van der Waals surface area contributed by atoms with E-state index in [4.69, 9.17) is 0 Å². The van der Waals surface area contributed by atoms with E-state index in [-0.39, 0.29) is 16.9 Å². The lowest BCUT2D eigenvalue weighted by molar-refractivity contribution is 0.600. The molecule has 22 heavy (non-hydrogen) atoms. The zero-order valence-corrected chi connectivity index (χ0v) is 12.6. The van der Waals surface area contributed by atoms with E-state index in [1.807, 2.05) is 11.8 Å². The van der Waals surface area contributed by atoms with Crippen LogP contribution in [0.1, 0.15) is 32.6 Å². The molecule has 2 aromatic rings. The van der Waals surface area contributed by atoms with Crippen LogP contribution in [0.15, 0.2) is 15.7 Å². The fraction of sp³-hybridized carbons (Fsp3) is 0.533. The molecule has 1 fully saturated rings. The van der Waals surface area contributed by atoms with Crippen LogP contribution in [0.25, 0.3) is 11.0 Å². The molecule has 0 spiro atoms. The van der Waals surface area contributed by atoms with Crippen LogP contribution in [0.4, 0.5) is 10.2 Å². The summed E-state index contributed by atoms with van der Waals surface area (Å²) in [6.45, 7) is 3.97. The number of H-pyrrole nitrogens is 1. The van der Waals surface area contributed by atoms with Gasteiger partial charge < -0.3 is 4.90 Å². The fourth-order valence-electron chi connectivity index (χ4n) is 2.85. The molecule has 0 aliphatic carbocycles. The van der Waals surface area contributed by atoms with Crippen LogP contribution < -0.4 is 16.1 Å². The molecule has 0 saturated carbocycles. The van der Waals surface area contributed by atoms with Crippen molar-refractivity contribution in [1.82, 2.24) is 14.5 Å². The molecule has 3 rings (SSSR count). The molecule has 0 bridgehead atoms. The fourth-order valence-corrected chi connectivity index (χ4v) is 2.85. The second-order valence-electron chi connectivity index (χ2n) is 5.62. The van der Waals surface area contributed by atoms with E-state index in [1.54, 1.807) is 0 Å². The van der Waals surface area contributed by atoms with Crippen molar-refractivity contribution in [2.75, 3.05) is 18.0 Å². The highest BCUT2D eigenvalue weighted by Crippen LogP contribution is 2.23. The second-order valence-corrected chi connectivity index (χ2v) is 5.62. The first-order chi connectivity index (χ1) is 10.6. The summed E-state index contributed by atoms with van der Waals surface area (Å²) < 4.78 is 15.7. The summed E-state index contributed by atoms with van der Waals surface area (Å²) in [5, 5.41) is 0.121. The third-order valence-corrected chi connectivity index (χ3v) is 4.04. The Morgan fingerprint density at radius 2 is 2.05 bits per heavy atom. The van der Waals surface area contributed by atoms with Gasteiger partial charge in [0.25, 0.3) is 5.56 Å². The average molecular weight is 306 g/mol. The summed E-state index contributed by atoms with van der Waals surface area (Å²) in [6, 6.07) is 1.19. The van der Waals surface area contributed by atoms with Gasteiger partial charge in [-0.2, -0.15) is 0 Å². The quantitative estimate of drug-likeness (QED) is 0.932. The summed E-state index contributed by atoms with van der Waals surface area (Å²) >= 11 is 0. The largest absolute Gasteiger partial charge is 0.354 e. The minimum Gasteiger partial charge on any atom is -0.354 e. The number of anilines is 1. The first kappa shape index (κ1) is 14.7. The molecule has 0 amide bonds. The van der Waals surface area contributed by atoms with Gasteiger partial charge in [-0.1, -0.05) is 13.3 Å². The third kappa shape index (κ3) is 2.51. The Kier molecular flexibility index (Phi) is 3.96. The van der Waals surface area contributed by atoms with Crippen LogP contribution in [0.2, 0.25) is 0 Å². The van der Waals surface area contributed by atoms with Gasteiger partial charge in [0.05, 0.1) is 5.39 Å². The summed E-state index contributed by atoms with van der Waals surface area (Å²) in [6.07, 6.45) is 3.70. The lowest BCUT2D eigenvalue weighted by atomic mass is 10.3. The Bertz CT molecular complexity index is 806. The number of pyridine rings is 1. The molecule has 3 heterocycles. The van der Waals surface area contributed by atoms with Crippen LogP contribution >= 0.6 is 0 Å². The zero-order chi connectivity index (χ0) is 15.7. The van der Waals surface area contributed by atoms with Crippen molar-refractivity contribution in [1.29, 1.82) is 0 Å². The van der Waals surface area contributed by atoms with Crippen molar-refractivity contribution in [3.63, 3.8) is 0 Å². The van der Waals surface area contributed by atoms with Crippen LogP contribution in [0.3, 0.4) is 0 Å². The topological polar surface area (TPSA) is 71.0 Å². The third-order valence-electron chi connectivity index (χ3n) is 4.04. The van der Waals surface area contributed by atoms with Crippen molar-refractivity contribution < 1.29 is 4.39 Å². The van der Waals surface area contributed by atoms with Gasteiger partial charge in [0.1, 0.15) is 0 Å². The van der Waals surface area contributed by atoms with E-state index < -0.39 is 17.1 Å². The molecule has 7 heteroatoms. The SMILES string of the molecule is CCCCn1c(=O)[nH]c(=O)c2cc(F)c(N3CCCC3)nc21. The van der Waals surface area contributed by atoms with Crippen molar-refractivity contribution >= 4 is 16.9 Å². The number of aryl methyl sites for hydroxylation is 1. The van der Waals surface area contributed by atoms with Crippen molar-refractivity contribution in [3.8, 4) is 0 Å². The average Bonchev–Trinajstić information content (AvgIpc) is 3.01. The second kappa shape index (κ2) is 5.90. The number of rotatable bonds is 4. The van der Waals surface area contributed by atoms with Crippen molar-refractivity contribution in [3.05, 3.63) is 32.7 Å². The highest BCUT2D eigenvalue weighted by atomic mass is 19.1. The van der Waals surface area contributed by atoms with Crippen LogP contribution in [-0.4, -0.2) is 27.6 Å². The maximum Gasteiger partial charge on any atom is 0.329 e. The normalized spacial score (nSPS) is 14.9. The lowest BCUT2D eigenvalue weighted by Crippen LogP contribution is -2.32. The van der Waals surface area contributed by atoms with Gasteiger partial charge in [0.15, 0.2) is 17.3 Å². The number of nitrogens with zero attached hydrogens (tertiary/aromatic N) is 3. The number of nitrogens with one attached hydrogen (secondary N) is 1. The minimum atomic E-state index is -0.591. The van der Waals surface area contributed by atoms with Gasteiger partial charge in [-0.25, -0.2) is 14.2 Å². The molecule has 1 aliphatic heterocycles. The number of hydrogen-bond acceptors (Lipinski definition) is 4. The summed E-state index contributed by atoms with van der Waals surface area (Å²) in [5.41, 5.74) is -0.810. The minimum absolute atomic E-state index is 0.121. The molecule has 6 nitrogen and oxygen atoms in total. The highest BCUT2D eigenvalue weighted by molar-refractivity contribution is 5.76. The van der Waals surface area contributed by atoms with Gasteiger partial charge in [-0.15, -0.1) is 0 Å². The lowest BCUT2D eigenvalue weighted by Gasteiger charge is -2.18. The summed E-state index contributed by atoms with van der Waals surface area (Å²) in [7, 11) is 0. The zero-order valence-electron chi connectivity index (χ0n) is 12.6. The Morgan fingerprint density at radius 3 is 2.73 bits per heavy atom. The van der Waals surface area contributed by atoms with E-state index in [2.05, 4.69) is 9.97 Å². The van der Waals surface area contributed by atoms with Crippen LogP contribution in [-0.2, 0) is 6.54 Å². The predicted molar refractivity (Wildman–Crippen MR) is 82.9 cm³/mol. The van der Waals surface area contributed by atoms with Crippen molar-refractivity contribution in [2.24, 2.45) is 0 Å². The molecule has 1 aliphatic rings. The first-order valence-corrected chi connectivity index (χ1v) is 7.70. The molecule has 1 N–H and O–H groups in total. The molecular formula is C15H19FN4O2. The monoisotopic (exact) mass is 306 g/mol. The van der Waals surface area contributed by atoms with E-state index in [1.165, 1.54) is 10.6 Å². The Balaban J connectivity index is 2.22. The standard InChI is InChI=1S/C15H19FN4O2/c1-2-3-8-20-12-10(14(21)18-15(20)22)9-11(16)13(17-12)19-6-4-5-7-19/h9H,2-8H2,1H3,(H,18,21,22).